The summed E-state index contributed by atoms with van der Waals surface area (Å²) in [6, 6.07) is 1.90. The number of hydrogen-bond donors (Lipinski definition) is 0. The first-order valence-electron chi connectivity index (χ1n) is 7.94. The van der Waals surface area contributed by atoms with E-state index in [0.717, 1.165) is 34.9 Å². The van der Waals surface area contributed by atoms with Crippen molar-refractivity contribution < 1.29 is 4.79 Å². The third-order valence-electron chi connectivity index (χ3n) is 4.28. The van der Waals surface area contributed by atoms with Crippen molar-refractivity contribution in [3.63, 3.8) is 0 Å². The van der Waals surface area contributed by atoms with Gasteiger partial charge in [0.05, 0.1) is 12.4 Å². The Morgan fingerprint density at radius 1 is 1.12 bits per heavy atom. The predicted molar refractivity (Wildman–Crippen MR) is 96.2 cm³/mol. The number of carbonyl (C=O) groups excluding carboxylic acids is 1. The molecule has 0 unspecified atom stereocenters. The summed E-state index contributed by atoms with van der Waals surface area (Å²) in [7, 11) is 0. The molecule has 0 saturated carbocycles. The second kappa shape index (κ2) is 6.40. The van der Waals surface area contributed by atoms with Gasteiger partial charge >= 0.3 is 0 Å². The van der Waals surface area contributed by atoms with E-state index in [2.05, 4.69) is 35.8 Å². The van der Waals surface area contributed by atoms with Crippen molar-refractivity contribution in [3.8, 4) is 11.5 Å². The normalized spacial score (nSPS) is 15.0. The first-order chi connectivity index (χ1) is 12.1. The van der Waals surface area contributed by atoms with Crippen LogP contribution in [0.4, 0.5) is 5.82 Å². The standard InChI is InChI=1S/C16H16BrN7O/c1-11(25)22-4-6-23(7-5-22)14-2-3-18-16(21-14)12-8-20-15-9-19-13(17)10-24(12)15/h2-3,8-10H,4-7H2,1H3. The number of imidazole rings is 1. The number of amides is 1. The molecule has 0 bridgehead atoms. The molecule has 0 aliphatic carbocycles. The zero-order valence-corrected chi connectivity index (χ0v) is 15.2. The average molecular weight is 402 g/mol. The lowest BCUT2D eigenvalue weighted by Crippen LogP contribution is -2.48. The highest BCUT2D eigenvalue weighted by Gasteiger charge is 2.20. The quantitative estimate of drug-likeness (QED) is 0.648. The molecule has 0 radical (unpaired) electrons. The first-order valence-corrected chi connectivity index (χ1v) is 8.73. The lowest BCUT2D eigenvalue weighted by atomic mass is 10.3. The topological polar surface area (TPSA) is 79.5 Å². The largest absolute Gasteiger partial charge is 0.353 e. The van der Waals surface area contributed by atoms with Gasteiger partial charge in [0.25, 0.3) is 0 Å². The molecule has 0 aromatic carbocycles. The van der Waals surface area contributed by atoms with Gasteiger partial charge in [-0.3, -0.25) is 9.20 Å². The minimum Gasteiger partial charge on any atom is -0.353 e. The van der Waals surface area contributed by atoms with Crippen LogP contribution in [0.1, 0.15) is 6.92 Å². The molecular formula is C16H16BrN7O. The summed E-state index contributed by atoms with van der Waals surface area (Å²) in [5.74, 6) is 1.58. The summed E-state index contributed by atoms with van der Waals surface area (Å²) in [5.41, 5.74) is 1.55. The van der Waals surface area contributed by atoms with Crippen molar-refractivity contribution in [1.82, 2.24) is 29.2 Å². The van der Waals surface area contributed by atoms with Crippen molar-refractivity contribution in [2.75, 3.05) is 31.1 Å². The van der Waals surface area contributed by atoms with Crippen LogP contribution in [-0.2, 0) is 4.79 Å². The van der Waals surface area contributed by atoms with Crippen molar-refractivity contribution in [1.29, 1.82) is 0 Å². The second-order valence-electron chi connectivity index (χ2n) is 5.81. The Morgan fingerprint density at radius 3 is 2.68 bits per heavy atom. The smallest absolute Gasteiger partial charge is 0.219 e. The van der Waals surface area contributed by atoms with Gasteiger partial charge in [0.1, 0.15) is 16.1 Å². The van der Waals surface area contributed by atoms with Crippen molar-refractivity contribution >= 4 is 33.3 Å². The van der Waals surface area contributed by atoms with E-state index in [-0.39, 0.29) is 5.91 Å². The maximum Gasteiger partial charge on any atom is 0.219 e. The Balaban J connectivity index is 1.63. The van der Waals surface area contributed by atoms with Gasteiger partial charge in [0, 0.05) is 45.5 Å². The maximum atomic E-state index is 11.5. The van der Waals surface area contributed by atoms with E-state index in [9.17, 15) is 4.79 Å². The zero-order chi connectivity index (χ0) is 17.4. The minimum atomic E-state index is 0.118. The molecule has 1 aliphatic rings. The molecule has 4 rings (SSSR count). The van der Waals surface area contributed by atoms with Crippen LogP contribution in [0.2, 0.25) is 0 Å². The summed E-state index contributed by atoms with van der Waals surface area (Å²) in [4.78, 5) is 33.1. The van der Waals surface area contributed by atoms with E-state index >= 15 is 0 Å². The number of nitrogens with zero attached hydrogens (tertiary/aromatic N) is 7. The molecule has 1 fully saturated rings. The third-order valence-corrected chi connectivity index (χ3v) is 4.69. The van der Waals surface area contributed by atoms with Crippen LogP contribution in [0.3, 0.4) is 0 Å². The Bertz CT molecular complexity index is 933. The summed E-state index contributed by atoms with van der Waals surface area (Å²) in [5, 5.41) is 0. The van der Waals surface area contributed by atoms with Gasteiger partial charge in [-0.1, -0.05) is 0 Å². The lowest BCUT2D eigenvalue weighted by Gasteiger charge is -2.34. The van der Waals surface area contributed by atoms with Crippen LogP contribution >= 0.6 is 15.9 Å². The molecular weight excluding hydrogens is 386 g/mol. The van der Waals surface area contributed by atoms with E-state index in [4.69, 9.17) is 4.98 Å². The Kier molecular flexibility index (Phi) is 4.08. The lowest BCUT2D eigenvalue weighted by molar-refractivity contribution is -0.129. The summed E-state index contributed by atoms with van der Waals surface area (Å²) < 4.78 is 2.62. The van der Waals surface area contributed by atoms with Gasteiger partial charge in [-0.05, 0) is 22.0 Å². The molecule has 8 nitrogen and oxygen atoms in total. The summed E-state index contributed by atoms with van der Waals surface area (Å²) in [6.45, 7) is 4.55. The molecule has 128 valence electrons. The number of carbonyl (C=O) groups is 1. The number of piperazine rings is 1. The molecule has 0 atom stereocenters. The molecule has 9 heteroatoms. The molecule has 3 aromatic rings. The average Bonchev–Trinajstić information content (AvgIpc) is 3.05. The molecule has 0 N–H and O–H groups in total. The number of fused-ring (bicyclic) bond motifs is 1. The fourth-order valence-electron chi connectivity index (χ4n) is 2.93. The Morgan fingerprint density at radius 2 is 1.92 bits per heavy atom. The molecule has 1 amide bonds. The van der Waals surface area contributed by atoms with Crippen LogP contribution < -0.4 is 4.90 Å². The third kappa shape index (κ3) is 3.07. The van der Waals surface area contributed by atoms with Gasteiger partial charge in [0.15, 0.2) is 11.5 Å². The second-order valence-corrected chi connectivity index (χ2v) is 6.63. The van der Waals surface area contributed by atoms with E-state index < -0.39 is 0 Å². The molecule has 25 heavy (non-hydrogen) atoms. The van der Waals surface area contributed by atoms with Crippen molar-refractivity contribution in [2.45, 2.75) is 6.92 Å². The van der Waals surface area contributed by atoms with Crippen LogP contribution in [0.5, 0.6) is 0 Å². The van der Waals surface area contributed by atoms with Crippen molar-refractivity contribution in [3.05, 3.63) is 35.5 Å². The number of halogens is 1. The van der Waals surface area contributed by atoms with E-state index in [1.54, 1.807) is 25.5 Å². The minimum absolute atomic E-state index is 0.118. The van der Waals surface area contributed by atoms with Gasteiger partial charge < -0.3 is 9.80 Å². The van der Waals surface area contributed by atoms with Crippen LogP contribution in [0, 0.1) is 0 Å². The first kappa shape index (κ1) is 15.9. The number of anilines is 1. The highest BCUT2D eigenvalue weighted by Crippen LogP contribution is 2.21. The van der Waals surface area contributed by atoms with Crippen LogP contribution in [-0.4, -0.2) is 61.3 Å². The number of rotatable bonds is 2. The number of aromatic nitrogens is 5. The predicted octanol–water partition coefficient (Wildman–Crippen LogP) is 1.62. The van der Waals surface area contributed by atoms with E-state index in [1.807, 2.05) is 21.6 Å². The highest BCUT2D eigenvalue weighted by molar-refractivity contribution is 9.10. The SMILES string of the molecule is CC(=O)N1CCN(c2ccnc(-c3cnc4cnc(Br)cn34)n2)CC1. The number of hydrogen-bond acceptors (Lipinski definition) is 6. The van der Waals surface area contributed by atoms with E-state index in [1.165, 1.54) is 0 Å². The molecule has 1 aliphatic heterocycles. The monoisotopic (exact) mass is 401 g/mol. The summed E-state index contributed by atoms with van der Waals surface area (Å²) >= 11 is 3.38. The van der Waals surface area contributed by atoms with Crippen molar-refractivity contribution in [2.24, 2.45) is 0 Å². The highest BCUT2D eigenvalue weighted by atomic mass is 79.9. The fourth-order valence-corrected chi connectivity index (χ4v) is 3.24. The Hall–Kier alpha value is -2.55. The maximum absolute atomic E-state index is 11.5. The van der Waals surface area contributed by atoms with Gasteiger partial charge in [0.2, 0.25) is 5.91 Å². The molecule has 0 spiro atoms. The molecule has 3 aromatic heterocycles. The molecule has 4 heterocycles. The summed E-state index contributed by atoms with van der Waals surface area (Å²) in [6.07, 6.45) is 7.04. The Labute approximate surface area is 152 Å². The van der Waals surface area contributed by atoms with Gasteiger partial charge in [-0.15, -0.1) is 0 Å². The van der Waals surface area contributed by atoms with Gasteiger partial charge in [-0.25, -0.2) is 19.9 Å². The van der Waals surface area contributed by atoms with Gasteiger partial charge in [-0.2, -0.15) is 0 Å². The van der Waals surface area contributed by atoms with Crippen LogP contribution in [0.15, 0.2) is 35.5 Å². The van der Waals surface area contributed by atoms with Crippen LogP contribution in [0.25, 0.3) is 17.2 Å². The zero-order valence-electron chi connectivity index (χ0n) is 13.6. The molecule has 1 saturated heterocycles. The van der Waals surface area contributed by atoms with E-state index in [0.29, 0.717) is 18.9 Å². The fraction of sp³-hybridized carbons (Fsp3) is 0.312.